The molecular formula is C34H38FN3O2S. The maximum Gasteiger partial charge on any atom is 0.251 e. The fourth-order valence-corrected chi connectivity index (χ4v) is 7.67. The van der Waals surface area contributed by atoms with Crippen LogP contribution in [0.1, 0.15) is 47.2 Å². The van der Waals surface area contributed by atoms with Gasteiger partial charge in [-0.2, -0.15) is 0 Å². The Morgan fingerprint density at radius 1 is 1.10 bits per heavy atom. The molecule has 6 rings (SSSR count). The Balaban J connectivity index is 1.09. The van der Waals surface area contributed by atoms with Gasteiger partial charge in [0.05, 0.1) is 5.69 Å². The molecule has 2 atom stereocenters. The van der Waals surface area contributed by atoms with E-state index in [1.54, 1.807) is 22.7 Å². The highest BCUT2D eigenvalue weighted by atomic mass is 32.2. The molecule has 1 unspecified atom stereocenters. The van der Waals surface area contributed by atoms with Gasteiger partial charge in [0.2, 0.25) is 5.91 Å². The van der Waals surface area contributed by atoms with Gasteiger partial charge in [-0.1, -0.05) is 42.5 Å². The van der Waals surface area contributed by atoms with E-state index in [-0.39, 0.29) is 29.5 Å². The number of piperidine rings is 1. The zero-order valence-electron chi connectivity index (χ0n) is 23.4. The lowest BCUT2D eigenvalue weighted by Gasteiger charge is -2.32. The number of nitrogens with one attached hydrogen (secondary N) is 1. The van der Waals surface area contributed by atoms with Crippen LogP contribution in [0.2, 0.25) is 0 Å². The van der Waals surface area contributed by atoms with E-state index in [1.807, 2.05) is 24.3 Å². The zero-order valence-corrected chi connectivity index (χ0v) is 24.3. The molecule has 214 valence electrons. The van der Waals surface area contributed by atoms with Crippen LogP contribution in [0, 0.1) is 17.8 Å². The van der Waals surface area contributed by atoms with Crippen LogP contribution in [0.5, 0.6) is 0 Å². The summed E-state index contributed by atoms with van der Waals surface area (Å²) in [5.41, 5.74) is 4.92. The minimum Gasteiger partial charge on any atom is -0.351 e. The molecule has 0 saturated carbocycles. The molecule has 0 radical (unpaired) electrons. The summed E-state index contributed by atoms with van der Waals surface area (Å²) in [4.78, 5) is 31.0. The van der Waals surface area contributed by atoms with Crippen molar-refractivity contribution in [1.82, 2.24) is 10.2 Å². The molecule has 5 nitrogen and oxygen atoms in total. The van der Waals surface area contributed by atoms with Crippen molar-refractivity contribution >= 4 is 34.8 Å². The third kappa shape index (κ3) is 6.68. The van der Waals surface area contributed by atoms with Crippen LogP contribution in [0.4, 0.5) is 10.1 Å². The molecule has 1 aliphatic carbocycles. The minimum absolute atomic E-state index is 0.0405. The van der Waals surface area contributed by atoms with E-state index >= 15 is 0 Å². The first-order valence-corrected chi connectivity index (χ1v) is 15.9. The Bertz CT molecular complexity index is 1360. The van der Waals surface area contributed by atoms with Crippen molar-refractivity contribution in [2.45, 2.75) is 32.1 Å². The summed E-state index contributed by atoms with van der Waals surface area (Å²) in [6.45, 7) is 3.94. The maximum atomic E-state index is 14.0. The van der Waals surface area contributed by atoms with Crippen molar-refractivity contribution in [3.8, 4) is 0 Å². The van der Waals surface area contributed by atoms with Crippen LogP contribution in [0.15, 0.2) is 78.0 Å². The fraction of sp³-hybridized carbons (Fsp3) is 0.412. The molecule has 41 heavy (non-hydrogen) atoms. The van der Waals surface area contributed by atoms with Crippen LogP contribution < -0.4 is 10.2 Å². The average molecular weight is 572 g/mol. The SMILES string of the molecule is O=C(NCCN1CCC(Cc2ccccc2)CC1)c1ccc2c(c1)N(CC1C=C(F)C=CC1)C(=O)C[C@@H]1CSC=C21. The van der Waals surface area contributed by atoms with Crippen LogP contribution >= 0.6 is 11.8 Å². The van der Waals surface area contributed by atoms with Crippen LogP contribution in [-0.2, 0) is 11.2 Å². The number of nitrogens with zero attached hydrogens (tertiary/aromatic N) is 2. The van der Waals surface area contributed by atoms with E-state index in [2.05, 4.69) is 46.0 Å². The Morgan fingerprint density at radius 2 is 1.93 bits per heavy atom. The Kier molecular flexibility index (Phi) is 8.73. The summed E-state index contributed by atoms with van der Waals surface area (Å²) in [6.07, 6.45) is 9.55. The van der Waals surface area contributed by atoms with Crippen molar-refractivity contribution in [2.24, 2.45) is 17.8 Å². The molecule has 2 amide bonds. The number of hydrogen-bond acceptors (Lipinski definition) is 4. The summed E-state index contributed by atoms with van der Waals surface area (Å²) < 4.78 is 14.0. The van der Waals surface area contributed by atoms with Crippen molar-refractivity contribution in [3.63, 3.8) is 0 Å². The smallest absolute Gasteiger partial charge is 0.251 e. The van der Waals surface area contributed by atoms with Crippen LogP contribution in [0.25, 0.3) is 5.57 Å². The number of likely N-dealkylation sites (tertiary alicyclic amines) is 1. The molecule has 2 aromatic rings. The Hall–Kier alpha value is -3.16. The predicted molar refractivity (Wildman–Crippen MR) is 165 cm³/mol. The number of rotatable bonds is 8. The number of amides is 2. The summed E-state index contributed by atoms with van der Waals surface area (Å²) >= 11 is 1.74. The largest absolute Gasteiger partial charge is 0.351 e. The molecule has 1 saturated heterocycles. The van der Waals surface area contributed by atoms with Gasteiger partial charge in [-0.15, -0.1) is 11.8 Å². The topological polar surface area (TPSA) is 52.7 Å². The van der Waals surface area contributed by atoms with Gasteiger partial charge < -0.3 is 15.1 Å². The molecule has 3 heterocycles. The summed E-state index contributed by atoms with van der Waals surface area (Å²) in [5.74, 6) is 1.35. The summed E-state index contributed by atoms with van der Waals surface area (Å²) in [6, 6.07) is 16.5. The molecule has 1 N–H and O–H groups in total. The summed E-state index contributed by atoms with van der Waals surface area (Å²) in [5, 5.41) is 5.27. The second-order valence-electron chi connectivity index (χ2n) is 11.7. The number of benzene rings is 2. The molecule has 7 heteroatoms. The predicted octanol–water partition coefficient (Wildman–Crippen LogP) is 6.24. The van der Waals surface area contributed by atoms with E-state index < -0.39 is 0 Å². The van der Waals surface area contributed by atoms with E-state index in [4.69, 9.17) is 0 Å². The fourth-order valence-electron chi connectivity index (χ4n) is 6.55. The minimum atomic E-state index is -0.256. The monoisotopic (exact) mass is 571 g/mol. The standard InChI is InChI=1S/C34H38FN3O2S/c35-29-8-4-7-26(18-29)21-38-32-19-27(9-10-30(32)31-23-41-22-28(31)20-33(38)39)34(40)36-13-16-37-14-11-25(12-15-37)17-24-5-2-1-3-6-24/h1-6,8-10,18-19,23,25-26,28H,7,11-17,20-22H2,(H,36,40)/t26?,28-/m1/s1. The normalized spacial score (nSPS) is 23.0. The molecule has 2 aromatic carbocycles. The van der Waals surface area contributed by atoms with Gasteiger partial charge in [0.15, 0.2) is 0 Å². The van der Waals surface area contributed by atoms with Gasteiger partial charge in [0, 0.05) is 54.8 Å². The number of hydrogen-bond donors (Lipinski definition) is 1. The van der Waals surface area contributed by atoms with Gasteiger partial charge >= 0.3 is 0 Å². The summed E-state index contributed by atoms with van der Waals surface area (Å²) in [7, 11) is 0. The lowest BCUT2D eigenvalue weighted by atomic mass is 9.90. The van der Waals surface area contributed by atoms with E-state index in [0.29, 0.717) is 31.5 Å². The van der Waals surface area contributed by atoms with Crippen LogP contribution in [-0.4, -0.2) is 55.2 Å². The third-order valence-corrected chi connectivity index (χ3v) is 9.86. The molecule has 1 fully saturated rings. The first-order chi connectivity index (χ1) is 20.0. The number of allylic oxidation sites excluding steroid dienone is 4. The first-order valence-electron chi connectivity index (χ1n) is 14.9. The van der Waals surface area contributed by atoms with Crippen molar-refractivity contribution < 1.29 is 14.0 Å². The second-order valence-corrected chi connectivity index (χ2v) is 12.6. The molecular weight excluding hydrogens is 533 g/mol. The number of carbonyl (C=O) groups is 2. The quantitative estimate of drug-likeness (QED) is 0.408. The molecule has 0 spiro atoms. The number of anilines is 1. The van der Waals surface area contributed by atoms with Gasteiger partial charge in [-0.25, -0.2) is 4.39 Å². The van der Waals surface area contributed by atoms with Crippen LogP contribution in [0.3, 0.4) is 0 Å². The first kappa shape index (κ1) is 28.0. The van der Waals surface area contributed by atoms with Crippen molar-refractivity contribution in [1.29, 1.82) is 0 Å². The highest BCUT2D eigenvalue weighted by molar-refractivity contribution is 8.02. The van der Waals surface area contributed by atoms with E-state index in [1.165, 1.54) is 30.1 Å². The Labute approximate surface area is 246 Å². The zero-order chi connectivity index (χ0) is 28.2. The lowest BCUT2D eigenvalue weighted by molar-refractivity contribution is -0.119. The Morgan fingerprint density at radius 3 is 2.73 bits per heavy atom. The molecule has 3 aliphatic heterocycles. The maximum absolute atomic E-state index is 14.0. The van der Waals surface area contributed by atoms with Crippen molar-refractivity contribution in [3.05, 3.63) is 94.7 Å². The number of fused-ring (bicyclic) bond motifs is 3. The number of halogens is 1. The second kappa shape index (κ2) is 12.8. The van der Waals surface area contributed by atoms with E-state index in [0.717, 1.165) is 49.0 Å². The van der Waals surface area contributed by atoms with Gasteiger partial charge in [-0.05, 0) is 85.5 Å². The van der Waals surface area contributed by atoms with Gasteiger partial charge in [0.1, 0.15) is 5.83 Å². The van der Waals surface area contributed by atoms with Gasteiger partial charge in [0.25, 0.3) is 5.91 Å². The molecule has 0 bridgehead atoms. The molecule has 4 aliphatic rings. The van der Waals surface area contributed by atoms with Gasteiger partial charge in [-0.3, -0.25) is 9.59 Å². The molecule has 0 aromatic heterocycles. The highest BCUT2D eigenvalue weighted by Crippen LogP contribution is 2.45. The van der Waals surface area contributed by atoms with E-state index in [9.17, 15) is 14.0 Å². The lowest BCUT2D eigenvalue weighted by Crippen LogP contribution is -2.40. The number of thioether (sulfide) groups is 1. The average Bonchev–Trinajstić information content (AvgIpc) is 3.41. The highest BCUT2D eigenvalue weighted by Gasteiger charge is 2.34. The van der Waals surface area contributed by atoms with Crippen molar-refractivity contribution in [2.75, 3.05) is 43.4 Å². The number of carbonyl (C=O) groups excluding carboxylic acids is 2. The third-order valence-electron chi connectivity index (χ3n) is 8.85.